The number of rotatable bonds is 7. The topological polar surface area (TPSA) is 70.2 Å². The second kappa shape index (κ2) is 8.12. The molecule has 1 aromatic rings. The fraction of sp³-hybridized carbons (Fsp3) is 0.333. The molecule has 0 saturated heterocycles. The molecule has 0 atom stereocenters. The van der Waals surface area contributed by atoms with E-state index >= 15 is 0 Å². The van der Waals surface area contributed by atoms with Gasteiger partial charge in [0.05, 0.1) is 6.54 Å². The van der Waals surface area contributed by atoms with Crippen LogP contribution in [0, 0.1) is 5.92 Å². The maximum atomic E-state index is 11.6. The summed E-state index contributed by atoms with van der Waals surface area (Å²) in [4.78, 5) is 23.2. The van der Waals surface area contributed by atoms with E-state index in [1.165, 1.54) is 0 Å². The number of hydrogen-bond acceptors (Lipinski definition) is 3. The normalized spacial score (nSPS) is 10.2. The average Bonchev–Trinajstić information content (AvgIpc) is 2.39. The highest BCUT2D eigenvalue weighted by Gasteiger charge is 2.08. The lowest BCUT2D eigenvalue weighted by molar-refractivity contribution is -0.119. The maximum Gasteiger partial charge on any atom is 0.238 e. The van der Waals surface area contributed by atoms with Crippen LogP contribution >= 0.6 is 0 Å². The third kappa shape index (κ3) is 5.67. The van der Waals surface area contributed by atoms with Gasteiger partial charge in [0.1, 0.15) is 0 Å². The first kappa shape index (κ1) is 15.9. The number of benzene rings is 1. The van der Waals surface area contributed by atoms with Crippen molar-refractivity contribution in [1.29, 1.82) is 0 Å². The molecule has 5 heteroatoms. The molecular formula is C15H21N3O2. The molecular weight excluding hydrogens is 254 g/mol. The van der Waals surface area contributed by atoms with E-state index in [4.69, 9.17) is 0 Å². The van der Waals surface area contributed by atoms with E-state index in [9.17, 15) is 9.59 Å². The van der Waals surface area contributed by atoms with E-state index in [1.807, 2.05) is 13.8 Å². The summed E-state index contributed by atoms with van der Waals surface area (Å²) in [5.41, 5.74) is 1.32. The third-order valence-electron chi connectivity index (χ3n) is 2.51. The number of amides is 2. The van der Waals surface area contributed by atoms with E-state index in [0.717, 1.165) is 0 Å². The van der Waals surface area contributed by atoms with Crippen molar-refractivity contribution in [3.8, 4) is 0 Å². The van der Waals surface area contributed by atoms with Gasteiger partial charge in [-0.05, 0) is 18.2 Å². The Hall–Kier alpha value is -2.14. The molecule has 5 nitrogen and oxygen atoms in total. The molecule has 108 valence electrons. The zero-order valence-electron chi connectivity index (χ0n) is 11.9. The van der Waals surface area contributed by atoms with Crippen molar-refractivity contribution in [1.82, 2.24) is 5.32 Å². The summed E-state index contributed by atoms with van der Waals surface area (Å²) in [7, 11) is 0. The monoisotopic (exact) mass is 275 g/mol. The number of hydrogen-bond donors (Lipinski definition) is 3. The molecule has 0 fully saturated rings. The summed E-state index contributed by atoms with van der Waals surface area (Å²) >= 11 is 0. The Kier molecular flexibility index (Phi) is 6.46. The molecule has 0 radical (unpaired) electrons. The lowest BCUT2D eigenvalue weighted by atomic mass is 10.2. The minimum Gasteiger partial charge on any atom is -0.326 e. The van der Waals surface area contributed by atoms with Crippen LogP contribution in [-0.4, -0.2) is 24.9 Å². The molecule has 0 aliphatic heterocycles. The van der Waals surface area contributed by atoms with Gasteiger partial charge in [0.2, 0.25) is 11.8 Å². The van der Waals surface area contributed by atoms with Crippen LogP contribution in [0.3, 0.4) is 0 Å². The summed E-state index contributed by atoms with van der Waals surface area (Å²) in [5, 5.41) is 8.46. The predicted octanol–water partition coefficient (Wildman–Crippen LogP) is 2.00. The van der Waals surface area contributed by atoms with Crippen molar-refractivity contribution >= 4 is 23.2 Å². The molecule has 2 amide bonds. The van der Waals surface area contributed by atoms with Gasteiger partial charge in [-0.25, -0.2) is 0 Å². The first-order valence-electron chi connectivity index (χ1n) is 6.55. The van der Waals surface area contributed by atoms with Gasteiger partial charge in [-0.1, -0.05) is 26.0 Å². The van der Waals surface area contributed by atoms with Crippen LogP contribution in [0.1, 0.15) is 13.8 Å². The lowest BCUT2D eigenvalue weighted by Gasteiger charge is -2.10. The maximum absolute atomic E-state index is 11.6. The largest absolute Gasteiger partial charge is 0.326 e. The number of carbonyl (C=O) groups excluding carboxylic acids is 2. The van der Waals surface area contributed by atoms with E-state index < -0.39 is 0 Å². The van der Waals surface area contributed by atoms with E-state index in [1.54, 1.807) is 30.3 Å². The highest BCUT2D eigenvalue weighted by molar-refractivity contribution is 5.95. The molecule has 0 aromatic heterocycles. The van der Waals surface area contributed by atoms with E-state index in [0.29, 0.717) is 17.9 Å². The SMILES string of the molecule is C=CCNCC(=O)Nc1cccc(NC(=O)C(C)C)c1. The lowest BCUT2D eigenvalue weighted by Crippen LogP contribution is -2.28. The smallest absolute Gasteiger partial charge is 0.238 e. The minimum absolute atomic E-state index is 0.0545. The van der Waals surface area contributed by atoms with Gasteiger partial charge >= 0.3 is 0 Å². The van der Waals surface area contributed by atoms with Crippen molar-refractivity contribution in [2.75, 3.05) is 23.7 Å². The Morgan fingerprint density at radius 3 is 2.50 bits per heavy atom. The average molecular weight is 275 g/mol. The molecule has 1 rings (SSSR count). The molecule has 0 aliphatic rings. The van der Waals surface area contributed by atoms with Crippen LogP contribution < -0.4 is 16.0 Å². The van der Waals surface area contributed by atoms with Crippen LogP contribution in [0.2, 0.25) is 0 Å². The Labute approximate surface area is 119 Å². The van der Waals surface area contributed by atoms with Crippen LogP contribution in [0.4, 0.5) is 11.4 Å². The molecule has 20 heavy (non-hydrogen) atoms. The standard InChI is InChI=1S/C15H21N3O2/c1-4-8-16-10-14(19)17-12-6-5-7-13(9-12)18-15(20)11(2)3/h4-7,9,11,16H,1,8,10H2,2-3H3,(H,17,19)(H,18,20). The fourth-order valence-electron chi connectivity index (χ4n) is 1.45. The van der Waals surface area contributed by atoms with Crippen LogP contribution in [0.25, 0.3) is 0 Å². The molecule has 0 heterocycles. The molecule has 0 unspecified atom stereocenters. The van der Waals surface area contributed by atoms with Gasteiger partial charge in [-0.3, -0.25) is 9.59 Å². The number of anilines is 2. The molecule has 0 spiro atoms. The van der Waals surface area contributed by atoms with Gasteiger partial charge in [-0.2, -0.15) is 0 Å². The highest BCUT2D eigenvalue weighted by Crippen LogP contribution is 2.15. The zero-order valence-corrected chi connectivity index (χ0v) is 11.9. The van der Waals surface area contributed by atoms with Gasteiger partial charge in [-0.15, -0.1) is 6.58 Å². The Bertz CT molecular complexity index is 484. The zero-order chi connectivity index (χ0) is 15.0. The number of carbonyl (C=O) groups is 2. The van der Waals surface area contributed by atoms with Crippen molar-refractivity contribution in [2.24, 2.45) is 5.92 Å². The van der Waals surface area contributed by atoms with E-state index in [-0.39, 0.29) is 24.3 Å². The summed E-state index contributed by atoms with van der Waals surface area (Å²) in [6.45, 7) is 8.01. The summed E-state index contributed by atoms with van der Waals surface area (Å²) < 4.78 is 0. The second-order valence-electron chi connectivity index (χ2n) is 4.69. The van der Waals surface area contributed by atoms with Gasteiger partial charge < -0.3 is 16.0 Å². The first-order valence-corrected chi connectivity index (χ1v) is 6.55. The van der Waals surface area contributed by atoms with Crippen molar-refractivity contribution < 1.29 is 9.59 Å². The van der Waals surface area contributed by atoms with Crippen LogP contribution in [0.5, 0.6) is 0 Å². The highest BCUT2D eigenvalue weighted by atomic mass is 16.2. The van der Waals surface area contributed by atoms with E-state index in [2.05, 4.69) is 22.5 Å². The Morgan fingerprint density at radius 1 is 1.25 bits per heavy atom. The van der Waals surface area contributed by atoms with Crippen molar-refractivity contribution in [3.63, 3.8) is 0 Å². The van der Waals surface area contributed by atoms with Crippen molar-refractivity contribution in [3.05, 3.63) is 36.9 Å². The first-order chi connectivity index (χ1) is 9.52. The Morgan fingerprint density at radius 2 is 1.90 bits per heavy atom. The van der Waals surface area contributed by atoms with Gasteiger partial charge in [0.15, 0.2) is 0 Å². The fourth-order valence-corrected chi connectivity index (χ4v) is 1.45. The second-order valence-corrected chi connectivity index (χ2v) is 4.69. The van der Waals surface area contributed by atoms with Crippen LogP contribution in [-0.2, 0) is 9.59 Å². The predicted molar refractivity (Wildman–Crippen MR) is 81.6 cm³/mol. The van der Waals surface area contributed by atoms with Gasteiger partial charge in [0, 0.05) is 23.8 Å². The minimum atomic E-state index is -0.140. The van der Waals surface area contributed by atoms with Crippen molar-refractivity contribution in [2.45, 2.75) is 13.8 Å². The molecule has 0 bridgehead atoms. The Balaban J connectivity index is 2.57. The van der Waals surface area contributed by atoms with Crippen LogP contribution in [0.15, 0.2) is 36.9 Å². The third-order valence-corrected chi connectivity index (χ3v) is 2.51. The summed E-state index contributed by atoms with van der Waals surface area (Å²) in [6.07, 6.45) is 1.69. The number of nitrogens with one attached hydrogen (secondary N) is 3. The summed E-state index contributed by atoms with van der Waals surface area (Å²) in [6, 6.07) is 7.07. The molecule has 3 N–H and O–H groups in total. The quantitative estimate of drug-likeness (QED) is 0.526. The molecule has 0 saturated carbocycles. The van der Waals surface area contributed by atoms with Gasteiger partial charge in [0.25, 0.3) is 0 Å². The molecule has 0 aliphatic carbocycles. The summed E-state index contributed by atoms with van der Waals surface area (Å²) in [5.74, 6) is -0.281. The molecule has 1 aromatic carbocycles.